The molecule has 1 aromatic rings. The van der Waals surface area contributed by atoms with Gasteiger partial charge in [-0.2, -0.15) is 0 Å². The number of nitro benzene ring substituents is 1. The summed E-state index contributed by atoms with van der Waals surface area (Å²) in [5.41, 5.74) is 1.06. The first kappa shape index (κ1) is 11.6. The molecule has 15 heavy (non-hydrogen) atoms. The highest BCUT2D eigenvalue weighted by Crippen LogP contribution is 2.21. The minimum Gasteiger partial charge on any atom is -0.258 e. The number of hydrogen-bond donors (Lipinski definition) is 1. The van der Waals surface area contributed by atoms with Crippen molar-refractivity contribution in [1.82, 2.24) is 0 Å². The molecule has 1 rings (SSSR count). The van der Waals surface area contributed by atoms with Gasteiger partial charge < -0.3 is 0 Å². The Balaban J connectivity index is 3.15. The maximum Gasteiger partial charge on any atom is 0.272 e. The number of nitro groups is 1. The van der Waals surface area contributed by atoms with Gasteiger partial charge in [0.25, 0.3) is 5.69 Å². The fourth-order valence-electron chi connectivity index (χ4n) is 1.33. The number of rotatable bonds is 4. The number of nitrogens with zero attached hydrogens (tertiary/aromatic N) is 1. The summed E-state index contributed by atoms with van der Waals surface area (Å²) in [4.78, 5) is 10.2. The first-order valence-electron chi connectivity index (χ1n) is 4.42. The molecule has 5 nitrogen and oxygen atoms in total. The highest BCUT2D eigenvalue weighted by Gasteiger charge is 2.12. The van der Waals surface area contributed by atoms with Crippen molar-refractivity contribution in [2.24, 2.45) is 0 Å². The van der Waals surface area contributed by atoms with Crippen molar-refractivity contribution in [3.05, 3.63) is 39.4 Å². The largest absolute Gasteiger partial charge is 0.272 e. The Morgan fingerprint density at radius 1 is 1.40 bits per heavy atom. The van der Waals surface area contributed by atoms with E-state index in [2.05, 4.69) is 0 Å². The van der Waals surface area contributed by atoms with E-state index >= 15 is 0 Å². The maximum absolute atomic E-state index is 10.7. The van der Waals surface area contributed by atoms with E-state index in [4.69, 9.17) is 0 Å². The fourth-order valence-corrected chi connectivity index (χ4v) is 1.82. The summed E-state index contributed by atoms with van der Waals surface area (Å²) < 4.78 is 20.9. The third-order valence-corrected chi connectivity index (χ3v) is 2.66. The van der Waals surface area contributed by atoms with Crippen LogP contribution in [0.2, 0.25) is 0 Å². The molecule has 0 unspecified atom stereocenters. The third-order valence-electron chi connectivity index (χ3n) is 2.04. The molecule has 1 aromatic carbocycles. The van der Waals surface area contributed by atoms with Gasteiger partial charge in [0.2, 0.25) is 0 Å². The standard InChI is InChI=1S/C9H11NO4S/c1-2-8-4-3-7(6-15(13)14)5-9(8)10(11)12/h3-5,15H,2,6H2,1H3. The Morgan fingerprint density at radius 3 is 2.53 bits per heavy atom. The summed E-state index contributed by atoms with van der Waals surface area (Å²) in [7, 11) is -2.54. The van der Waals surface area contributed by atoms with Gasteiger partial charge >= 0.3 is 0 Å². The van der Waals surface area contributed by atoms with Crippen LogP contribution >= 0.6 is 0 Å². The minimum absolute atomic E-state index is 0.00755. The van der Waals surface area contributed by atoms with Crippen LogP contribution in [0.4, 0.5) is 5.69 Å². The summed E-state index contributed by atoms with van der Waals surface area (Å²) >= 11 is 0. The lowest BCUT2D eigenvalue weighted by Crippen LogP contribution is -1.96. The summed E-state index contributed by atoms with van der Waals surface area (Å²) in [6.45, 7) is 1.82. The molecule has 0 N–H and O–H groups in total. The van der Waals surface area contributed by atoms with Gasteiger partial charge in [0.1, 0.15) is 10.7 Å². The zero-order valence-electron chi connectivity index (χ0n) is 8.17. The quantitative estimate of drug-likeness (QED) is 0.479. The van der Waals surface area contributed by atoms with Crippen LogP contribution in [0.1, 0.15) is 18.1 Å². The summed E-state index contributed by atoms with van der Waals surface area (Å²) in [6, 6.07) is 4.53. The molecular weight excluding hydrogens is 218 g/mol. The third kappa shape index (κ3) is 3.02. The van der Waals surface area contributed by atoms with Gasteiger partial charge in [-0.05, 0) is 12.0 Å². The first-order chi connectivity index (χ1) is 7.04. The molecule has 0 spiro atoms. The molecule has 0 aliphatic carbocycles. The fraction of sp³-hybridized carbons (Fsp3) is 0.333. The van der Waals surface area contributed by atoms with Crippen LogP contribution in [-0.2, 0) is 22.9 Å². The van der Waals surface area contributed by atoms with E-state index in [0.29, 0.717) is 17.5 Å². The molecule has 0 heterocycles. The summed E-state index contributed by atoms with van der Waals surface area (Å²) in [6.07, 6.45) is 0.556. The Hall–Kier alpha value is -1.43. The first-order valence-corrected chi connectivity index (χ1v) is 5.79. The highest BCUT2D eigenvalue weighted by atomic mass is 32.2. The molecular formula is C9H11NO4S. The van der Waals surface area contributed by atoms with Crippen LogP contribution in [0.3, 0.4) is 0 Å². The zero-order valence-corrected chi connectivity index (χ0v) is 9.07. The second kappa shape index (κ2) is 4.88. The molecule has 0 aromatic heterocycles. The van der Waals surface area contributed by atoms with Crippen molar-refractivity contribution in [2.45, 2.75) is 19.1 Å². The van der Waals surface area contributed by atoms with Crippen molar-refractivity contribution < 1.29 is 13.3 Å². The smallest absolute Gasteiger partial charge is 0.258 e. The predicted octanol–water partition coefficient (Wildman–Crippen LogP) is 1.27. The average Bonchev–Trinajstić information content (AvgIpc) is 2.16. The number of hydrogen-bond acceptors (Lipinski definition) is 4. The van der Waals surface area contributed by atoms with E-state index in [1.165, 1.54) is 6.07 Å². The van der Waals surface area contributed by atoms with E-state index in [1.807, 2.05) is 6.92 Å². The van der Waals surface area contributed by atoms with Crippen LogP contribution < -0.4 is 0 Å². The molecule has 0 aliphatic rings. The number of benzene rings is 1. The van der Waals surface area contributed by atoms with Gasteiger partial charge in [-0.1, -0.05) is 19.1 Å². The molecule has 0 saturated carbocycles. The Kier molecular flexibility index (Phi) is 3.79. The van der Waals surface area contributed by atoms with Crippen molar-refractivity contribution in [1.29, 1.82) is 0 Å². The molecule has 0 amide bonds. The van der Waals surface area contributed by atoms with Crippen molar-refractivity contribution in [3.63, 3.8) is 0 Å². The van der Waals surface area contributed by atoms with Gasteiger partial charge in [-0.15, -0.1) is 0 Å². The average molecular weight is 229 g/mol. The normalized spacial score (nSPS) is 10.5. The molecule has 0 bridgehead atoms. The van der Waals surface area contributed by atoms with E-state index in [0.717, 1.165) is 0 Å². The molecule has 82 valence electrons. The molecule has 0 radical (unpaired) electrons. The molecule has 0 fully saturated rings. The lowest BCUT2D eigenvalue weighted by molar-refractivity contribution is -0.385. The molecule has 6 heteroatoms. The van der Waals surface area contributed by atoms with Gasteiger partial charge in [0, 0.05) is 11.6 Å². The van der Waals surface area contributed by atoms with Crippen molar-refractivity contribution in [3.8, 4) is 0 Å². The Labute approximate surface area is 88.8 Å². The second-order valence-corrected chi connectivity index (χ2v) is 4.05. The van der Waals surface area contributed by atoms with E-state index < -0.39 is 15.6 Å². The molecule has 0 aliphatic heterocycles. The summed E-state index contributed by atoms with van der Waals surface area (Å²) in [5.74, 6) is -0.153. The maximum atomic E-state index is 10.7. The van der Waals surface area contributed by atoms with Gasteiger partial charge in [-0.3, -0.25) is 10.1 Å². The zero-order chi connectivity index (χ0) is 11.4. The lowest BCUT2D eigenvalue weighted by Gasteiger charge is -2.01. The molecule has 0 saturated heterocycles. The SMILES string of the molecule is CCc1ccc(C[SH](=O)=O)cc1[N+](=O)[O-]. The number of aryl methyl sites for hydroxylation is 1. The Bertz CT molecular complexity index is 445. The van der Waals surface area contributed by atoms with Crippen molar-refractivity contribution in [2.75, 3.05) is 0 Å². The lowest BCUT2D eigenvalue weighted by atomic mass is 10.1. The van der Waals surface area contributed by atoms with Crippen molar-refractivity contribution >= 4 is 16.4 Å². The van der Waals surface area contributed by atoms with Gasteiger partial charge in [-0.25, -0.2) is 8.42 Å². The van der Waals surface area contributed by atoms with Gasteiger partial charge in [0.15, 0.2) is 0 Å². The molecule has 0 atom stereocenters. The minimum atomic E-state index is -2.54. The predicted molar refractivity (Wildman–Crippen MR) is 56.5 cm³/mol. The highest BCUT2D eigenvalue weighted by molar-refractivity contribution is 7.71. The second-order valence-electron chi connectivity index (χ2n) is 3.06. The number of thiol groups is 1. The summed E-state index contributed by atoms with van der Waals surface area (Å²) in [5, 5.41) is 10.7. The van der Waals surface area contributed by atoms with E-state index in [-0.39, 0.29) is 11.4 Å². The van der Waals surface area contributed by atoms with Crippen LogP contribution in [0, 0.1) is 10.1 Å². The monoisotopic (exact) mass is 229 g/mol. The van der Waals surface area contributed by atoms with E-state index in [9.17, 15) is 18.5 Å². The Morgan fingerprint density at radius 2 is 2.07 bits per heavy atom. The van der Waals surface area contributed by atoms with Gasteiger partial charge in [0.05, 0.1) is 10.7 Å². The van der Waals surface area contributed by atoms with E-state index in [1.54, 1.807) is 12.1 Å². The van der Waals surface area contributed by atoms with Crippen LogP contribution in [0.25, 0.3) is 0 Å². The topological polar surface area (TPSA) is 77.3 Å². The van der Waals surface area contributed by atoms with Crippen LogP contribution in [0.15, 0.2) is 18.2 Å². The van der Waals surface area contributed by atoms with Crippen LogP contribution in [0.5, 0.6) is 0 Å². The van der Waals surface area contributed by atoms with Crippen LogP contribution in [-0.4, -0.2) is 13.3 Å².